The van der Waals surface area contributed by atoms with Gasteiger partial charge in [0.1, 0.15) is 10.8 Å². The molecule has 0 amide bonds. The van der Waals surface area contributed by atoms with Crippen LogP contribution in [0.25, 0.3) is 0 Å². The molecule has 0 aliphatic carbocycles. The Hall–Kier alpha value is -1.40. The van der Waals surface area contributed by atoms with Crippen LogP contribution in [0.5, 0.6) is 0 Å². The fourth-order valence-corrected chi connectivity index (χ4v) is 2.03. The number of nitrogens with zero attached hydrogens (tertiary/aromatic N) is 3. The first kappa shape index (κ1) is 15.0. The van der Waals surface area contributed by atoms with Gasteiger partial charge in [-0.3, -0.25) is 0 Å². The van der Waals surface area contributed by atoms with E-state index in [1.54, 1.807) is 0 Å². The fraction of sp³-hybridized carbons (Fsp3) is 0.615. The van der Waals surface area contributed by atoms with Crippen molar-refractivity contribution in [2.45, 2.75) is 26.4 Å². The zero-order valence-electron chi connectivity index (χ0n) is 11.9. The number of hydrogen-bond donors (Lipinski definition) is 1. The highest BCUT2D eigenvalue weighted by molar-refractivity contribution is 6.29. The number of aromatic nitrogens is 2. The summed E-state index contributed by atoms with van der Waals surface area (Å²) in [6.45, 7) is 8.72. The third-order valence-corrected chi connectivity index (χ3v) is 2.88. The van der Waals surface area contributed by atoms with Gasteiger partial charge >= 0.3 is 5.97 Å². The normalized spacial score (nSPS) is 16.1. The van der Waals surface area contributed by atoms with Crippen molar-refractivity contribution in [3.63, 3.8) is 0 Å². The van der Waals surface area contributed by atoms with Crippen LogP contribution >= 0.6 is 11.6 Å². The molecule has 0 aromatic carbocycles. The van der Waals surface area contributed by atoms with Crippen LogP contribution in [0.1, 0.15) is 31.3 Å². The van der Waals surface area contributed by atoms with Crippen molar-refractivity contribution in [2.24, 2.45) is 0 Å². The van der Waals surface area contributed by atoms with Crippen molar-refractivity contribution in [2.75, 3.05) is 31.1 Å². The van der Waals surface area contributed by atoms with Gasteiger partial charge in [0.25, 0.3) is 0 Å². The number of esters is 1. The summed E-state index contributed by atoms with van der Waals surface area (Å²) in [6, 6.07) is 1.43. The number of carbonyl (C=O) groups is 1. The number of anilines is 1. The molecule has 2 rings (SSSR count). The Labute approximate surface area is 123 Å². The summed E-state index contributed by atoms with van der Waals surface area (Å²) in [5.74, 6) is -0.0157. The molecule has 0 radical (unpaired) electrons. The molecule has 1 aliphatic heterocycles. The predicted molar refractivity (Wildman–Crippen MR) is 77.3 cm³/mol. The Bertz CT molecular complexity index is 496. The minimum atomic E-state index is -0.566. The van der Waals surface area contributed by atoms with E-state index < -0.39 is 11.6 Å². The Morgan fingerprint density at radius 2 is 2.00 bits per heavy atom. The first-order valence-corrected chi connectivity index (χ1v) is 6.96. The first-order valence-electron chi connectivity index (χ1n) is 6.59. The van der Waals surface area contributed by atoms with Gasteiger partial charge in [-0.1, -0.05) is 11.6 Å². The molecule has 7 heteroatoms. The van der Waals surface area contributed by atoms with E-state index in [-0.39, 0.29) is 10.8 Å². The summed E-state index contributed by atoms with van der Waals surface area (Å²) in [5, 5.41) is 3.49. The van der Waals surface area contributed by atoms with Crippen molar-refractivity contribution >= 4 is 23.5 Å². The molecule has 0 saturated carbocycles. The minimum absolute atomic E-state index is 0.188. The largest absolute Gasteiger partial charge is 0.455 e. The van der Waals surface area contributed by atoms with Crippen LogP contribution in [0.15, 0.2) is 6.07 Å². The highest BCUT2D eigenvalue weighted by Crippen LogP contribution is 2.17. The number of ether oxygens (including phenoxy) is 1. The van der Waals surface area contributed by atoms with Crippen LogP contribution in [-0.4, -0.2) is 47.7 Å². The molecular formula is C13H19ClN4O2. The van der Waals surface area contributed by atoms with E-state index in [0.717, 1.165) is 26.2 Å². The van der Waals surface area contributed by atoms with Gasteiger partial charge in [-0.05, 0) is 20.8 Å². The predicted octanol–water partition coefficient (Wildman–Crippen LogP) is 1.49. The van der Waals surface area contributed by atoms with Gasteiger partial charge in [0, 0.05) is 32.2 Å². The lowest BCUT2D eigenvalue weighted by Crippen LogP contribution is -2.44. The molecule has 0 atom stereocenters. The van der Waals surface area contributed by atoms with Crippen LogP contribution in [0.3, 0.4) is 0 Å². The summed E-state index contributed by atoms with van der Waals surface area (Å²) in [7, 11) is 0. The Balaban J connectivity index is 2.21. The fourth-order valence-electron chi connectivity index (χ4n) is 1.85. The number of piperazine rings is 1. The highest BCUT2D eigenvalue weighted by Gasteiger charge is 2.22. The van der Waals surface area contributed by atoms with Crippen molar-refractivity contribution in [1.29, 1.82) is 0 Å². The molecule has 1 aliphatic rings. The molecule has 6 nitrogen and oxygen atoms in total. The van der Waals surface area contributed by atoms with Crippen LogP contribution < -0.4 is 10.2 Å². The summed E-state index contributed by atoms with van der Waals surface area (Å²) >= 11 is 5.98. The van der Waals surface area contributed by atoms with E-state index in [9.17, 15) is 4.79 Å². The summed E-state index contributed by atoms with van der Waals surface area (Å²) < 4.78 is 5.30. The molecule has 1 saturated heterocycles. The molecule has 1 N–H and O–H groups in total. The van der Waals surface area contributed by atoms with Crippen molar-refractivity contribution < 1.29 is 9.53 Å². The maximum absolute atomic E-state index is 12.0. The van der Waals surface area contributed by atoms with Gasteiger partial charge in [0.2, 0.25) is 5.95 Å². The van der Waals surface area contributed by atoms with E-state index >= 15 is 0 Å². The molecule has 1 aromatic rings. The molecule has 20 heavy (non-hydrogen) atoms. The van der Waals surface area contributed by atoms with Crippen LogP contribution in [-0.2, 0) is 4.74 Å². The standard InChI is InChI=1S/C13H19ClN4O2/c1-13(2,3)20-11(19)9-8-10(14)17-12(16-9)18-6-4-15-5-7-18/h8,15H,4-7H2,1-3H3. The van der Waals surface area contributed by atoms with Gasteiger partial charge in [-0.2, -0.15) is 0 Å². The molecule has 0 spiro atoms. The van der Waals surface area contributed by atoms with Gasteiger partial charge < -0.3 is 15.0 Å². The summed E-state index contributed by atoms with van der Waals surface area (Å²) in [6.07, 6.45) is 0. The SMILES string of the molecule is CC(C)(C)OC(=O)c1cc(Cl)nc(N2CCNCC2)n1. The third kappa shape index (κ3) is 4.05. The minimum Gasteiger partial charge on any atom is -0.455 e. The first-order chi connectivity index (χ1) is 9.35. The average Bonchev–Trinajstić information content (AvgIpc) is 2.37. The highest BCUT2D eigenvalue weighted by atomic mass is 35.5. The lowest BCUT2D eigenvalue weighted by Gasteiger charge is -2.27. The topological polar surface area (TPSA) is 67.3 Å². The van der Waals surface area contributed by atoms with E-state index in [4.69, 9.17) is 16.3 Å². The van der Waals surface area contributed by atoms with E-state index in [2.05, 4.69) is 15.3 Å². The summed E-state index contributed by atoms with van der Waals surface area (Å²) in [5.41, 5.74) is -0.377. The van der Waals surface area contributed by atoms with Crippen molar-refractivity contribution in [3.05, 3.63) is 16.9 Å². The van der Waals surface area contributed by atoms with Gasteiger partial charge in [0.05, 0.1) is 0 Å². The van der Waals surface area contributed by atoms with Gasteiger partial charge in [-0.25, -0.2) is 14.8 Å². The van der Waals surface area contributed by atoms with E-state index in [0.29, 0.717) is 5.95 Å². The van der Waals surface area contributed by atoms with Gasteiger partial charge in [0.15, 0.2) is 5.69 Å². The number of halogens is 1. The second-order valence-corrected chi connectivity index (χ2v) is 6.00. The van der Waals surface area contributed by atoms with Crippen LogP contribution in [0.2, 0.25) is 5.15 Å². The number of hydrogen-bond acceptors (Lipinski definition) is 6. The van der Waals surface area contributed by atoms with Crippen molar-refractivity contribution in [3.8, 4) is 0 Å². The maximum Gasteiger partial charge on any atom is 0.357 e. The van der Waals surface area contributed by atoms with Crippen molar-refractivity contribution in [1.82, 2.24) is 15.3 Å². The number of carbonyl (C=O) groups excluding carboxylic acids is 1. The Morgan fingerprint density at radius 1 is 1.35 bits per heavy atom. The molecule has 1 aromatic heterocycles. The second-order valence-electron chi connectivity index (χ2n) is 5.61. The zero-order valence-corrected chi connectivity index (χ0v) is 12.7. The van der Waals surface area contributed by atoms with E-state index in [1.807, 2.05) is 25.7 Å². The molecule has 1 fully saturated rings. The Morgan fingerprint density at radius 3 is 2.60 bits per heavy atom. The lowest BCUT2D eigenvalue weighted by molar-refractivity contribution is 0.00627. The summed E-state index contributed by atoms with van der Waals surface area (Å²) in [4.78, 5) is 22.5. The quantitative estimate of drug-likeness (QED) is 0.659. The van der Waals surface area contributed by atoms with Crippen LogP contribution in [0.4, 0.5) is 5.95 Å². The molecular weight excluding hydrogens is 280 g/mol. The molecule has 110 valence electrons. The van der Waals surface area contributed by atoms with Gasteiger partial charge in [-0.15, -0.1) is 0 Å². The monoisotopic (exact) mass is 298 g/mol. The number of nitrogens with one attached hydrogen (secondary N) is 1. The van der Waals surface area contributed by atoms with E-state index in [1.165, 1.54) is 6.07 Å². The van der Waals surface area contributed by atoms with Crippen LogP contribution in [0, 0.1) is 0 Å². The zero-order chi connectivity index (χ0) is 14.8. The molecule has 0 unspecified atom stereocenters. The second kappa shape index (κ2) is 5.93. The molecule has 0 bridgehead atoms. The maximum atomic E-state index is 12.0. The average molecular weight is 299 g/mol. The smallest absolute Gasteiger partial charge is 0.357 e. The number of rotatable bonds is 2. The third-order valence-electron chi connectivity index (χ3n) is 2.69. The molecule has 2 heterocycles. The Kier molecular flexibility index (Phi) is 4.45. The lowest BCUT2D eigenvalue weighted by atomic mass is 10.2.